The third-order valence-corrected chi connectivity index (χ3v) is 6.33. The van der Waals surface area contributed by atoms with Gasteiger partial charge in [-0.3, -0.25) is 9.59 Å². The van der Waals surface area contributed by atoms with Crippen molar-refractivity contribution in [3.8, 4) is 0 Å². The van der Waals surface area contributed by atoms with E-state index in [0.717, 1.165) is 28.7 Å². The number of aryl methyl sites for hydroxylation is 1. The van der Waals surface area contributed by atoms with Gasteiger partial charge in [0, 0.05) is 19.5 Å². The van der Waals surface area contributed by atoms with Gasteiger partial charge in [-0.15, -0.1) is 0 Å². The molecule has 6 heteroatoms. The molecule has 0 unspecified atom stereocenters. The third kappa shape index (κ3) is 7.34. The van der Waals surface area contributed by atoms with Gasteiger partial charge in [0.2, 0.25) is 11.8 Å². The average molecular weight is 497 g/mol. The molecule has 0 spiro atoms. The van der Waals surface area contributed by atoms with Gasteiger partial charge in [-0.05, 0) is 42.2 Å². The van der Waals surface area contributed by atoms with E-state index in [4.69, 9.17) is 23.2 Å². The van der Waals surface area contributed by atoms with Crippen LogP contribution in [0.25, 0.3) is 0 Å². The van der Waals surface area contributed by atoms with Gasteiger partial charge in [0.1, 0.15) is 6.04 Å². The number of hydrogen-bond acceptors (Lipinski definition) is 2. The fourth-order valence-electron chi connectivity index (χ4n) is 3.85. The summed E-state index contributed by atoms with van der Waals surface area (Å²) < 4.78 is 0. The van der Waals surface area contributed by atoms with Gasteiger partial charge in [0.15, 0.2) is 0 Å². The van der Waals surface area contributed by atoms with Crippen molar-refractivity contribution in [2.75, 3.05) is 6.54 Å². The first-order valence-corrected chi connectivity index (χ1v) is 12.2. The van der Waals surface area contributed by atoms with E-state index in [-0.39, 0.29) is 24.8 Å². The maximum absolute atomic E-state index is 13.7. The number of nitrogens with one attached hydrogen (secondary N) is 1. The minimum absolute atomic E-state index is 0.121. The Labute approximate surface area is 211 Å². The average Bonchev–Trinajstić information content (AvgIpc) is 2.82. The van der Waals surface area contributed by atoms with E-state index < -0.39 is 6.04 Å². The van der Waals surface area contributed by atoms with E-state index >= 15 is 0 Å². The SMILES string of the molecule is CCCNC(=O)[C@H](Cc1ccccc1)N(Cc1ccc(Cl)c(Cl)c1)C(=O)Cc1cccc(C)c1. The van der Waals surface area contributed by atoms with Gasteiger partial charge in [-0.2, -0.15) is 0 Å². The second-order valence-corrected chi connectivity index (χ2v) is 9.25. The van der Waals surface area contributed by atoms with Crippen molar-refractivity contribution in [1.29, 1.82) is 0 Å². The third-order valence-electron chi connectivity index (χ3n) is 5.60. The number of nitrogens with zero attached hydrogens (tertiary/aromatic N) is 1. The van der Waals surface area contributed by atoms with Crippen LogP contribution in [-0.4, -0.2) is 29.3 Å². The number of benzene rings is 3. The molecule has 0 aliphatic heterocycles. The lowest BCUT2D eigenvalue weighted by Crippen LogP contribution is -2.51. The minimum atomic E-state index is -0.666. The van der Waals surface area contributed by atoms with Crippen molar-refractivity contribution in [3.05, 3.63) is 105 Å². The molecule has 2 amide bonds. The molecule has 0 saturated heterocycles. The Kier molecular flexibility index (Phi) is 9.55. The highest BCUT2D eigenvalue weighted by molar-refractivity contribution is 6.42. The van der Waals surface area contributed by atoms with Crippen LogP contribution in [0.2, 0.25) is 10.0 Å². The van der Waals surface area contributed by atoms with Gasteiger partial charge in [-0.1, -0.05) is 96.4 Å². The molecule has 4 nitrogen and oxygen atoms in total. The lowest BCUT2D eigenvalue weighted by atomic mass is 10.0. The number of hydrogen-bond donors (Lipinski definition) is 1. The van der Waals surface area contributed by atoms with Crippen molar-refractivity contribution in [2.45, 2.75) is 45.7 Å². The standard InChI is InChI=1S/C28H30Cl2N2O2/c1-3-14-31-28(34)26(17-21-9-5-4-6-10-21)32(19-23-12-13-24(29)25(30)16-23)27(33)18-22-11-7-8-20(2)15-22/h4-13,15-16,26H,3,14,17-19H2,1-2H3,(H,31,34)/t26-/m0/s1. The Morgan fingerprint density at radius 3 is 2.29 bits per heavy atom. The smallest absolute Gasteiger partial charge is 0.243 e. The van der Waals surface area contributed by atoms with Gasteiger partial charge in [0.25, 0.3) is 0 Å². The molecular weight excluding hydrogens is 467 g/mol. The number of carbonyl (C=O) groups excluding carboxylic acids is 2. The molecule has 0 saturated carbocycles. The highest BCUT2D eigenvalue weighted by Gasteiger charge is 2.30. The topological polar surface area (TPSA) is 49.4 Å². The Morgan fingerprint density at radius 1 is 0.882 bits per heavy atom. The lowest BCUT2D eigenvalue weighted by Gasteiger charge is -2.32. The quantitative estimate of drug-likeness (QED) is 0.373. The largest absolute Gasteiger partial charge is 0.354 e. The van der Waals surface area contributed by atoms with Crippen LogP contribution in [0.1, 0.15) is 35.6 Å². The maximum Gasteiger partial charge on any atom is 0.243 e. The number of amides is 2. The van der Waals surface area contributed by atoms with Gasteiger partial charge in [0.05, 0.1) is 16.5 Å². The Balaban J connectivity index is 1.97. The van der Waals surface area contributed by atoms with Crippen LogP contribution in [0.3, 0.4) is 0 Å². The maximum atomic E-state index is 13.7. The molecule has 3 aromatic carbocycles. The minimum Gasteiger partial charge on any atom is -0.354 e. The van der Waals surface area contributed by atoms with Gasteiger partial charge < -0.3 is 10.2 Å². The lowest BCUT2D eigenvalue weighted by molar-refractivity contribution is -0.140. The first-order chi connectivity index (χ1) is 16.4. The summed E-state index contributed by atoms with van der Waals surface area (Å²) in [4.78, 5) is 28.7. The fourth-order valence-corrected chi connectivity index (χ4v) is 4.17. The molecule has 34 heavy (non-hydrogen) atoms. The summed E-state index contributed by atoms with van der Waals surface area (Å²) in [6.45, 7) is 4.80. The van der Waals surface area contributed by atoms with Crippen molar-refractivity contribution in [1.82, 2.24) is 10.2 Å². The monoisotopic (exact) mass is 496 g/mol. The Morgan fingerprint density at radius 2 is 1.62 bits per heavy atom. The highest BCUT2D eigenvalue weighted by atomic mass is 35.5. The van der Waals surface area contributed by atoms with Crippen molar-refractivity contribution in [2.24, 2.45) is 0 Å². The van der Waals surface area contributed by atoms with E-state index in [1.165, 1.54) is 0 Å². The van der Waals surface area contributed by atoms with E-state index in [9.17, 15) is 9.59 Å². The summed E-state index contributed by atoms with van der Waals surface area (Å²) in [6, 6.07) is 22.3. The van der Waals surface area contributed by atoms with Crippen LogP contribution < -0.4 is 5.32 Å². The molecule has 1 atom stereocenters. The van der Waals surface area contributed by atoms with Crippen LogP contribution >= 0.6 is 23.2 Å². The molecule has 0 aliphatic carbocycles. The second kappa shape index (κ2) is 12.6. The molecule has 1 N–H and O–H groups in total. The van der Waals surface area contributed by atoms with Crippen molar-refractivity contribution >= 4 is 35.0 Å². The Bertz CT molecular complexity index is 1120. The van der Waals surface area contributed by atoms with E-state index in [1.807, 2.05) is 74.5 Å². The zero-order chi connectivity index (χ0) is 24.5. The molecule has 3 rings (SSSR count). The van der Waals surface area contributed by atoms with E-state index in [2.05, 4.69) is 5.32 Å². The fraction of sp³-hybridized carbons (Fsp3) is 0.286. The zero-order valence-corrected chi connectivity index (χ0v) is 21.1. The summed E-state index contributed by atoms with van der Waals surface area (Å²) in [7, 11) is 0. The molecule has 0 radical (unpaired) electrons. The molecule has 0 fully saturated rings. The van der Waals surface area contributed by atoms with Gasteiger partial charge >= 0.3 is 0 Å². The normalized spacial score (nSPS) is 11.6. The predicted octanol–water partition coefficient (Wildman–Crippen LogP) is 6.01. The first-order valence-electron chi connectivity index (χ1n) is 11.5. The summed E-state index contributed by atoms with van der Waals surface area (Å²) in [5.74, 6) is -0.285. The van der Waals surface area contributed by atoms with E-state index in [0.29, 0.717) is 23.0 Å². The van der Waals surface area contributed by atoms with Crippen LogP contribution in [0.15, 0.2) is 72.8 Å². The summed E-state index contributed by atoms with van der Waals surface area (Å²) in [5.41, 5.74) is 3.80. The highest BCUT2D eigenvalue weighted by Crippen LogP contribution is 2.24. The Hall–Kier alpha value is -2.82. The molecule has 0 heterocycles. The number of halogens is 2. The molecule has 0 bridgehead atoms. The first kappa shape index (κ1) is 25.8. The van der Waals surface area contributed by atoms with Crippen LogP contribution in [0.4, 0.5) is 0 Å². The molecule has 3 aromatic rings. The van der Waals surface area contributed by atoms with E-state index in [1.54, 1.807) is 17.0 Å². The molecule has 0 aliphatic rings. The summed E-state index contributed by atoms with van der Waals surface area (Å²) >= 11 is 12.4. The summed E-state index contributed by atoms with van der Waals surface area (Å²) in [6.07, 6.45) is 1.43. The molecular formula is C28H30Cl2N2O2. The summed E-state index contributed by atoms with van der Waals surface area (Å²) in [5, 5.41) is 3.85. The van der Waals surface area contributed by atoms with Crippen molar-refractivity contribution < 1.29 is 9.59 Å². The molecule has 178 valence electrons. The van der Waals surface area contributed by atoms with Crippen LogP contribution in [-0.2, 0) is 29.0 Å². The number of carbonyl (C=O) groups is 2. The zero-order valence-electron chi connectivity index (χ0n) is 19.6. The van der Waals surface area contributed by atoms with Crippen LogP contribution in [0, 0.1) is 6.92 Å². The van der Waals surface area contributed by atoms with Gasteiger partial charge in [-0.25, -0.2) is 0 Å². The second-order valence-electron chi connectivity index (χ2n) is 8.43. The van der Waals surface area contributed by atoms with Crippen molar-refractivity contribution in [3.63, 3.8) is 0 Å². The van der Waals surface area contributed by atoms with Crippen LogP contribution in [0.5, 0.6) is 0 Å². The molecule has 0 aromatic heterocycles. The number of rotatable bonds is 10. The predicted molar refractivity (Wildman–Crippen MR) is 139 cm³/mol.